The molecule has 0 spiro atoms. The molecular formula is C21H27Cl2NO2S. The van der Waals surface area contributed by atoms with Crippen LogP contribution in [0.1, 0.15) is 36.5 Å². The fourth-order valence-electron chi connectivity index (χ4n) is 3.49. The lowest BCUT2D eigenvalue weighted by atomic mass is 9.87. The Bertz CT molecular complexity index is 766. The summed E-state index contributed by atoms with van der Waals surface area (Å²) >= 11 is 8.57. The van der Waals surface area contributed by atoms with Crippen LogP contribution in [0.4, 0.5) is 0 Å². The Morgan fingerprint density at radius 2 is 1.85 bits per heavy atom. The fourth-order valence-corrected chi connectivity index (χ4v) is 4.70. The number of nitrogens with one attached hydrogen (secondary N) is 1. The zero-order valence-corrected chi connectivity index (χ0v) is 18.6. The largest absolute Gasteiger partial charge is 0.493 e. The lowest BCUT2D eigenvalue weighted by Gasteiger charge is -2.22. The SMILES string of the molecule is COc1cc2c(c(Cl)c1OC)CCNCC2c1ccc(SC(C)C)cc1.Cl. The molecule has 6 heteroatoms. The Morgan fingerprint density at radius 3 is 2.44 bits per heavy atom. The van der Waals surface area contributed by atoms with Crippen LogP contribution in [-0.2, 0) is 6.42 Å². The molecule has 27 heavy (non-hydrogen) atoms. The molecule has 1 heterocycles. The molecule has 0 radical (unpaired) electrons. The Hall–Kier alpha value is -1.07. The number of methoxy groups -OCH3 is 2. The Labute approximate surface area is 177 Å². The van der Waals surface area contributed by atoms with Crippen LogP contribution in [0.5, 0.6) is 11.5 Å². The highest BCUT2D eigenvalue weighted by molar-refractivity contribution is 7.99. The zero-order valence-electron chi connectivity index (χ0n) is 16.2. The van der Waals surface area contributed by atoms with Gasteiger partial charge in [-0.2, -0.15) is 0 Å². The molecular weight excluding hydrogens is 401 g/mol. The second-order valence-corrected chi connectivity index (χ2v) is 8.76. The van der Waals surface area contributed by atoms with E-state index >= 15 is 0 Å². The molecule has 0 saturated carbocycles. The molecule has 1 atom stereocenters. The van der Waals surface area contributed by atoms with E-state index in [4.69, 9.17) is 21.1 Å². The van der Waals surface area contributed by atoms with E-state index in [1.54, 1.807) is 14.2 Å². The summed E-state index contributed by atoms with van der Waals surface area (Å²) in [7, 11) is 3.29. The predicted molar refractivity (Wildman–Crippen MR) is 118 cm³/mol. The van der Waals surface area contributed by atoms with E-state index in [0.29, 0.717) is 21.8 Å². The van der Waals surface area contributed by atoms with Gasteiger partial charge < -0.3 is 14.8 Å². The number of benzene rings is 2. The van der Waals surface area contributed by atoms with Gasteiger partial charge >= 0.3 is 0 Å². The van der Waals surface area contributed by atoms with Gasteiger partial charge in [0, 0.05) is 22.6 Å². The van der Waals surface area contributed by atoms with E-state index in [-0.39, 0.29) is 18.3 Å². The second-order valence-electron chi connectivity index (χ2n) is 6.74. The van der Waals surface area contributed by atoms with Crippen molar-refractivity contribution in [3.8, 4) is 11.5 Å². The lowest BCUT2D eigenvalue weighted by Crippen LogP contribution is -2.20. The maximum absolute atomic E-state index is 6.68. The van der Waals surface area contributed by atoms with Crippen LogP contribution in [0.15, 0.2) is 35.2 Å². The summed E-state index contributed by atoms with van der Waals surface area (Å²) < 4.78 is 11.0. The highest BCUT2D eigenvalue weighted by Gasteiger charge is 2.26. The number of halogens is 2. The van der Waals surface area contributed by atoms with E-state index in [0.717, 1.165) is 25.1 Å². The first-order chi connectivity index (χ1) is 12.5. The summed E-state index contributed by atoms with van der Waals surface area (Å²) in [5.74, 6) is 1.55. The molecule has 1 aliphatic heterocycles. The molecule has 3 nitrogen and oxygen atoms in total. The summed E-state index contributed by atoms with van der Waals surface area (Å²) in [4.78, 5) is 1.30. The van der Waals surface area contributed by atoms with Gasteiger partial charge in [-0.25, -0.2) is 0 Å². The van der Waals surface area contributed by atoms with Crippen molar-refractivity contribution in [1.29, 1.82) is 0 Å². The first-order valence-electron chi connectivity index (χ1n) is 8.95. The van der Waals surface area contributed by atoms with Crippen molar-refractivity contribution in [3.63, 3.8) is 0 Å². The maximum Gasteiger partial charge on any atom is 0.179 e. The van der Waals surface area contributed by atoms with Crippen molar-refractivity contribution in [2.75, 3.05) is 27.3 Å². The van der Waals surface area contributed by atoms with Crippen molar-refractivity contribution in [3.05, 3.63) is 52.0 Å². The summed E-state index contributed by atoms with van der Waals surface area (Å²) in [6.07, 6.45) is 0.881. The minimum Gasteiger partial charge on any atom is -0.493 e. The molecule has 2 aromatic rings. The maximum atomic E-state index is 6.68. The van der Waals surface area contributed by atoms with Crippen molar-refractivity contribution in [2.45, 2.75) is 36.3 Å². The molecule has 2 aromatic carbocycles. The van der Waals surface area contributed by atoms with Gasteiger partial charge in [-0.3, -0.25) is 0 Å². The first kappa shape index (κ1) is 22.2. The third kappa shape index (κ3) is 4.86. The van der Waals surface area contributed by atoms with Gasteiger partial charge in [0.15, 0.2) is 11.5 Å². The number of fused-ring (bicyclic) bond motifs is 1. The van der Waals surface area contributed by atoms with Crippen molar-refractivity contribution in [1.82, 2.24) is 5.32 Å². The molecule has 1 aliphatic rings. The zero-order chi connectivity index (χ0) is 18.7. The minimum atomic E-state index is 0. The molecule has 0 saturated heterocycles. The summed E-state index contributed by atoms with van der Waals surface area (Å²) in [6, 6.07) is 11.0. The molecule has 0 fully saturated rings. The average Bonchev–Trinajstić information content (AvgIpc) is 2.84. The van der Waals surface area contributed by atoms with Crippen LogP contribution in [0.25, 0.3) is 0 Å². The van der Waals surface area contributed by atoms with E-state index in [9.17, 15) is 0 Å². The van der Waals surface area contributed by atoms with Crippen molar-refractivity contribution in [2.24, 2.45) is 0 Å². The smallest absolute Gasteiger partial charge is 0.179 e. The molecule has 0 amide bonds. The van der Waals surface area contributed by atoms with Crippen LogP contribution in [0.3, 0.4) is 0 Å². The number of hydrogen-bond acceptors (Lipinski definition) is 4. The van der Waals surface area contributed by atoms with Gasteiger partial charge in [0.2, 0.25) is 0 Å². The molecule has 148 valence electrons. The molecule has 0 bridgehead atoms. The third-order valence-electron chi connectivity index (χ3n) is 4.68. The second kappa shape index (κ2) is 9.92. The quantitative estimate of drug-likeness (QED) is 0.632. The first-order valence-corrected chi connectivity index (χ1v) is 10.2. The van der Waals surface area contributed by atoms with Crippen LogP contribution in [0, 0.1) is 0 Å². The third-order valence-corrected chi connectivity index (χ3v) is 6.09. The van der Waals surface area contributed by atoms with Crippen LogP contribution < -0.4 is 14.8 Å². The molecule has 0 aliphatic carbocycles. The van der Waals surface area contributed by atoms with Gasteiger partial charge in [-0.15, -0.1) is 24.2 Å². The number of ether oxygens (including phenoxy) is 2. The van der Waals surface area contributed by atoms with Gasteiger partial charge in [0.05, 0.1) is 19.2 Å². The summed E-state index contributed by atoms with van der Waals surface area (Å²) in [6.45, 7) is 6.22. The number of thioether (sulfide) groups is 1. The van der Waals surface area contributed by atoms with E-state index in [1.165, 1.54) is 16.0 Å². The fraction of sp³-hybridized carbons (Fsp3) is 0.429. The lowest BCUT2D eigenvalue weighted by molar-refractivity contribution is 0.354. The van der Waals surface area contributed by atoms with E-state index in [2.05, 4.69) is 49.5 Å². The standard InChI is InChI=1S/C21H26ClNO2S.ClH/c1-13(2)26-15-7-5-14(6-8-15)18-12-23-10-9-16-17(18)11-19(24-3)21(25-4)20(16)22;/h5-8,11,13,18,23H,9-10,12H2,1-4H3;1H. The highest BCUT2D eigenvalue weighted by atomic mass is 35.5. The number of rotatable bonds is 5. The monoisotopic (exact) mass is 427 g/mol. The van der Waals surface area contributed by atoms with E-state index in [1.807, 2.05) is 11.8 Å². The molecule has 1 N–H and O–H groups in total. The molecule has 1 unspecified atom stereocenters. The van der Waals surface area contributed by atoms with Crippen molar-refractivity contribution < 1.29 is 9.47 Å². The molecule has 0 aromatic heterocycles. The minimum absolute atomic E-state index is 0. The van der Waals surface area contributed by atoms with E-state index < -0.39 is 0 Å². The van der Waals surface area contributed by atoms with Gasteiger partial charge in [0.1, 0.15) is 0 Å². The van der Waals surface area contributed by atoms with Gasteiger partial charge in [-0.05, 0) is 47.9 Å². The Kier molecular flexibility index (Phi) is 8.17. The Balaban J connectivity index is 0.00000261. The highest BCUT2D eigenvalue weighted by Crippen LogP contribution is 2.44. The topological polar surface area (TPSA) is 30.5 Å². The summed E-state index contributed by atoms with van der Waals surface area (Å²) in [5, 5.41) is 4.80. The predicted octanol–water partition coefficient (Wildman–Crippen LogP) is 5.56. The normalized spacial score (nSPS) is 16.3. The molecule has 3 rings (SSSR count). The van der Waals surface area contributed by atoms with Crippen LogP contribution >= 0.6 is 35.8 Å². The van der Waals surface area contributed by atoms with Crippen LogP contribution in [0.2, 0.25) is 5.02 Å². The van der Waals surface area contributed by atoms with Crippen molar-refractivity contribution >= 4 is 35.8 Å². The Morgan fingerprint density at radius 1 is 1.15 bits per heavy atom. The summed E-state index contributed by atoms with van der Waals surface area (Å²) in [5.41, 5.74) is 3.67. The van der Waals surface area contributed by atoms with Gasteiger partial charge in [0.25, 0.3) is 0 Å². The van der Waals surface area contributed by atoms with Crippen LogP contribution in [-0.4, -0.2) is 32.6 Å². The van der Waals surface area contributed by atoms with Gasteiger partial charge in [-0.1, -0.05) is 37.6 Å². The average molecular weight is 428 g/mol. The number of hydrogen-bond donors (Lipinski definition) is 1.